The average Bonchev–Trinajstić information content (AvgIpc) is 2.63. The van der Waals surface area contributed by atoms with Crippen molar-refractivity contribution < 1.29 is 27.9 Å². The molecule has 27 heavy (non-hydrogen) atoms. The van der Waals surface area contributed by atoms with E-state index in [0.29, 0.717) is 17.2 Å². The number of aliphatic hydroxyl groups excluding tert-OH is 1. The number of nitro benzene ring substituents is 1. The highest BCUT2D eigenvalue weighted by Gasteiger charge is 2.38. The van der Waals surface area contributed by atoms with Gasteiger partial charge in [0.25, 0.3) is 5.69 Å². The molecule has 0 aliphatic heterocycles. The molecule has 0 saturated heterocycles. The maximum atomic E-state index is 12.9. The molecule has 0 fully saturated rings. The van der Waals surface area contributed by atoms with E-state index in [0.717, 1.165) is 12.1 Å². The van der Waals surface area contributed by atoms with Gasteiger partial charge in [-0.2, -0.15) is 13.2 Å². The molecule has 5 nitrogen and oxygen atoms in total. The van der Waals surface area contributed by atoms with E-state index in [1.165, 1.54) is 0 Å². The fraction of sp³-hybridized carbons (Fsp3) is 0.158. The van der Waals surface area contributed by atoms with Crippen LogP contribution in [0.2, 0.25) is 0 Å². The number of benzene rings is 2. The Bertz CT molecular complexity index is 963. The Morgan fingerprint density at radius 3 is 2.26 bits per heavy atom. The maximum Gasteiger partial charge on any atom is 0.423 e. The number of aliphatic hydroxyl groups is 1. The van der Waals surface area contributed by atoms with Crippen LogP contribution < -0.4 is 4.74 Å². The number of rotatable bonds is 3. The molecule has 0 aliphatic rings. The van der Waals surface area contributed by atoms with E-state index < -0.39 is 22.4 Å². The molecular formula is C19H12F3NO4. The molecule has 2 aromatic rings. The van der Waals surface area contributed by atoms with Gasteiger partial charge in [0.05, 0.1) is 4.92 Å². The molecule has 8 heteroatoms. The Morgan fingerprint density at radius 2 is 1.70 bits per heavy atom. The van der Waals surface area contributed by atoms with Gasteiger partial charge >= 0.3 is 6.18 Å². The summed E-state index contributed by atoms with van der Waals surface area (Å²) in [5, 5.41) is 19.5. The molecule has 138 valence electrons. The van der Waals surface area contributed by atoms with Crippen molar-refractivity contribution in [3.05, 3.63) is 69.3 Å². The van der Waals surface area contributed by atoms with Crippen LogP contribution in [0.1, 0.15) is 16.7 Å². The highest BCUT2D eigenvalue weighted by atomic mass is 19.4. The number of hydrogen-bond donors (Lipinski definition) is 1. The Balaban J connectivity index is 2.16. The third-order valence-corrected chi connectivity index (χ3v) is 3.23. The van der Waals surface area contributed by atoms with E-state index in [4.69, 9.17) is 9.84 Å². The lowest BCUT2D eigenvalue weighted by Gasteiger charge is -2.09. The minimum absolute atomic E-state index is 0.185. The largest absolute Gasteiger partial charge is 0.481 e. The van der Waals surface area contributed by atoms with Gasteiger partial charge in [-0.25, -0.2) is 0 Å². The van der Waals surface area contributed by atoms with Crippen LogP contribution in [-0.2, 0) is 6.18 Å². The summed E-state index contributed by atoms with van der Waals surface area (Å²) in [6.07, 6.45) is -4.88. The molecule has 0 spiro atoms. The first-order valence-corrected chi connectivity index (χ1v) is 7.49. The normalized spacial score (nSPS) is 10.2. The van der Waals surface area contributed by atoms with Gasteiger partial charge in [-0.15, -0.1) is 0 Å². The second-order valence-electron chi connectivity index (χ2n) is 5.03. The Kier molecular flexibility index (Phi) is 6.42. The predicted octanol–water partition coefficient (Wildman–Crippen LogP) is 3.39. The Morgan fingerprint density at radius 1 is 1.07 bits per heavy atom. The van der Waals surface area contributed by atoms with E-state index in [2.05, 4.69) is 23.7 Å². The van der Waals surface area contributed by atoms with Gasteiger partial charge < -0.3 is 9.84 Å². The summed E-state index contributed by atoms with van der Waals surface area (Å²) >= 11 is 0. The number of nitro groups is 1. The van der Waals surface area contributed by atoms with Gasteiger partial charge in [0.1, 0.15) is 24.5 Å². The van der Waals surface area contributed by atoms with Crippen LogP contribution >= 0.6 is 0 Å². The van der Waals surface area contributed by atoms with Crippen molar-refractivity contribution >= 4 is 5.69 Å². The molecule has 0 heterocycles. The van der Waals surface area contributed by atoms with Crippen molar-refractivity contribution in [2.45, 2.75) is 6.18 Å². The minimum atomic E-state index is -4.88. The van der Waals surface area contributed by atoms with E-state index in [9.17, 15) is 23.3 Å². The maximum absolute atomic E-state index is 12.9. The van der Waals surface area contributed by atoms with Crippen molar-refractivity contribution in [1.82, 2.24) is 0 Å². The van der Waals surface area contributed by atoms with Crippen molar-refractivity contribution in [2.75, 3.05) is 13.2 Å². The van der Waals surface area contributed by atoms with Crippen LogP contribution in [0.25, 0.3) is 0 Å². The zero-order valence-corrected chi connectivity index (χ0v) is 13.7. The van der Waals surface area contributed by atoms with Crippen LogP contribution in [0.3, 0.4) is 0 Å². The van der Waals surface area contributed by atoms with E-state index in [1.54, 1.807) is 24.3 Å². The molecule has 0 bridgehead atoms. The number of ether oxygens (including phenoxy) is 1. The van der Waals surface area contributed by atoms with Crippen LogP contribution in [-0.4, -0.2) is 23.2 Å². The second kappa shape index (κ2) is 8.75. The highest BCUT2D eigenvalue weighted by Crippen LogP contribution is 2.38. The van der Waals surface area contributed by atoms with Crippen LogP contribution in [0.15, 0.2) is 42.5 Å². The molecule has 2 rings (SSSR count). The lowest BCUT2D eigenvalue weighted by molar-refractivity contribution is -0.388. The van der Waals surface area contributed by atoms with Crippen molar-refractivity contribution in [1.29, 1.82) is 0 Å². The van der Waals surface area contributed by atoms with Crippen molar-refractivity contribution in [3.8, 4) is 29.4 Å². The van der Waals surface area contributed by atoms with E-state index in [1.807, 2.05) is 0 Å². The lowest BCUT2D eigenvalue weighted by atomic mass is 10.1. The smallest absolute Gasteiger partial charge is 0.423 e. The van der Waals surface area contributed by atoms with Gasteiger partial charge in [0.15, 0.2) is 0 Å². The topological polar surface area (TPSA) is 72.6 Å². The highest BCUT2D eigenvalue weighted by molar-refractivity contribution is 5.50. The first kappa shape index (κ1) is 19.8. The molecular weight excluding hydrogens is 363 g/mol. The predicted molar refractivity (Wildman–Crippen MR) is 90.9 cm³/mol. The molecule has 2 aromatic carbocycles. The molecule has 0 atom stereocenters. The number of halogens is 3. The summed E-state index contributed by atoms with van der Waals surface area (Å²) in [6, 6.07) is 9.28. The standard InChI is InChI=1S/C19H12F3NO4/c20-19(21,22)17-13-16(9-10-18(17)23(25)26)27-12-4-8-15-6-2-1-5-14(15)7-3-11-24/h1-2,5-6,9-10,13,24H,11-12H2. The van der Waals surface area contributed by atoms with Crippen molar-refractivity contribution in [3.63, 3.8) is 0 Å². The van der Waals surface area contributed by atoms with E-state index >= 15 is 0 Å². The van der Waals surface area contributed by atoms with Gasteiger partial charge in [-0.3, -0.25) is 10.1 Å². The first-order chi connectivity index (χ1) is 12.8. The second-order valence-corrected chi connectivity index (χ2v) is 5.03. The number of nitrogens with zero attached hydrogens (tertiary/aromatic N) is 1. The zero-order chi connectivity index (χ0) is 19.9. The third kappa shape index (κ3) is 5.50. The zero-order valence-electron chi connectivity index (χ0n) is 13.7. The Hall–Kier alpha value is -3.49. The molecule has 0 radical (unpaired) electrons. The Labute approximate surface area is 152 Å². The van der Waals surface area contributed by atoms with Gasteiger partial charge in [0.2, 0.25) is 0 Å². The molecule has 0 aromatic heterocycles. The van der Waals surface area contributed by atoms with Gasteiger partial charge in [0, 0.05) is 17.2 Å². The van der Waals surface area contributed by atoms with Gasteiger partial charge in [-0.1, -0.05) is 35.8 Å². The van der Waals surface area contributed by atoms with E-state index in [-0.39, 0.29) is 19.0 Å². The molecule has 0 amide bonds. The SMILES string of the molecule is O=[N+]([O-])c1ccc(OCC#Cc2ccccc2C#CCO)cc1C(F)(F)F. The summed E-state index contributed by atoms with van der Waals surface area (Å²) in [6.45, 7) is -0.524. The summed E-state index contributed by atoms with van der Waals surface area (Å²) in [4.78, 5) is 9.62. The molecule has 1 N–H and O–H groups in total. The van der Waals surface area contributed by atoms with Gasteiger partial charge in [-0.05, 0) is 24.3 Å². The molecule has 0 aliphatic carbocycles. The van der Waals surface area contributed by atoms with Crippen molar-refractivity contribution in [2.24, 2.45) is 0 Å². The summed E-state index contributed by atoms with van der Waals surface area (Å²) in [5.41, 5.74) is -1.27. The number of hydrogen-bond acceptors (Lipinski definition) is 4. The molecule has 0 unspecified atom stereocenters. The average molecular weight is 375 g/mol. The minimum Gasteiger partial charge on any atom is -0.481 e. The fourth-order valence-electron chi connectivity index (χ4n) is 2.08. The monoisotopic (exact) mass is 375 g/mol. The quantitative estimate of drug-likeness (QED) is 0.507. The van der Waals surface area contributed by atoms with Crippen LogP contribution in [0.4, 0.5) is 18.9 Å². The number of alkyl halides is 3. The fourth-order valence-corrected chi connectivity index (χ4v) is 2.08. The van der Waals surface area contributed by atoms with Crippen LogP contribution in [0, 0.1) is 33.8 Å². The lowest BCUT2D eigenvalue weighted by Crippen LogP contribution is -2.09. The van der Waals surface area contributed by atoms with Crippen LogP contribution in [0.5, 0.6) is 5.75 Å². The third-order valence-electron chi connectivity index (χ3n) is 3.23. The summed E-state index contributed by atoms with van der Waals surface area (Å²) < 4.78 is 43.9. The summed E-state index contributed by atoms with van der Waals surface area (Å²) in [5.74, 6) is 10.5. The summed E-state index contributed by atoms with van der Waals surface area (Å²) in [7, 11) is 0. The first-order valence-electron chi connectivity index (χ1n) is 7.49. The molecule has 0 saturated carbocycles.